The van der Waals surface area contributed by atoms with Crippen molar-refractivity contribution >= 4 is 23.3 Å². The highest BCUT2D eigenvalue weighted by molar-refractivity contribution is 5.97. The molecule has 0 saturated heterocycles. The van der Waals surface area contributed by atoms with Crippen molar-refractivity contribution < 1.29 is 36.8 Å². The van der Waals surface area contributed by atoms with Crippen LogP contribution >= 0.6 is 0 Å². The normalized spacial score (nSPS) is 12.3. The number of ether oxygens (including phenoxy) is 1. The Balaban J connectivity index is 2.17. The molecule has 0 fully saturated rings. The topological polar surface area (TPSA) is 112 Å². The van der Waals surface area contributed by atoms with E-state index in [1.54, 1.807) is 0 Å². The van der Waals surface area contributed by atoms with Crippen molar-refractivity contribution in [1.29, 1.82) is 0 Å². The molecule has 0 aliphatic rings. The standard InChI is InChI=1S/C15H11F3N2O6/c1-8(26-14(22)12-3-2-6-25-12)13(21)19-11-5-4-9(20(23)24)7-10(11)15(16,17)18/h2-8H,1H3,(H,19,21)/t8-/m0/s1. The Bertz CT molecular complexity index is 832. The minimum Gasteiger partial charge on any atom is -0.457 e. The summed E-state index contributed by atoms with van der Waals surface area (Å²) in [6.45, 7) is 1.15. The van der Waals surface area contributed by atoms with Crippen LogP contribution in [0.1, 0.15) is 23.0 Å². The maximum absolute atomic E-state index is 13.1. The molecule has 0 bridgehead atoms. The van der Waals surface area contributed by atoms with Crippen LogP contribution in [0, 0.1) is 10.1 Å². The summed E-state index contributed by atoms with van der Waals surface area (Å²) in [5.74, 6) is -2.21. The van der Waals surface area contributed by atoms with Gasteiger partial charge < -0.3 is 14.5 Å². The third-order valence-corrected chi connectivity index (χ3v) is 3.15. The lowest BCUT2D eigenvalue weighted by Crippen LogP contribution is -2.30. The molecule has 2 rings (SSSR count). The quantitative estimate of drug-likeness (QED) is 0.489. The lowest BCUT2D eigenvalue weighted by Gasteiger charge is -2.16. The molecule has 0 saturated carbocycles. The fraction of sp³-hybridized carbons (Fsp3) is 0.200. The largest absolute Gasteiger partial charge is 0.457 e. The summed E-state index contributed by atoms with van der Waals surface area (Å²) in [4.78, 5) is 33.3. The molecule has 0 radical (unpaired) electrons. The summed E-state index contributed by atoms with van der Waals surface area (Å²) >= 11 is 0. The van der Waals surface area contributed by atoms with Crippen molar-refractivity contribution in [2.45, 2.75) is 19.2 Å². The van der Waals surface area contributed by atoms with Gasteiger partial charge in [-0.15, -0.1) is 0 Å². The molecule has 26 heavy (non-hydrogen) atoms. The fourth-order valence-electron chi connectivity index (χ4n) is 1.89. The molecule has 1 heterocycles. The molecule has 1 aromatic carbocycles. The summed E-state index contributed by atoms with van der Waals surface area (Å²) in [6.07, 6.45) is -5.18. The number of nitrogens with one attached hydrogen (secondary N) is 1. The van der Waals surface area contributed by atoms with Crippen molar-refractivity contribution in [1.82, 2.24) is 0 Å². The third kappa shape index (κ3) is 4.37. The van der Waals surface area contributed by atoms with Crippen molar-refractivity contribution in [3.8, 4) is 0 Å². The van der Waals surface area contributed by atoms with Crippen LogP contribution in [0.4, 0.5) is 24.5 Å². The second kappa shape index (κ2) is 7.25. The highest BCUT2D eigenvalue weighted by atomic mass is 19.4. The van der Waals surface area contributed by atoms with Crippen molar-refractivity contribution in [3.05, 3.63) is 58.0 Å². The summed E-state index contributed by atoms with van der Waals surface area (Å²) in [6, 6.07) is 4.55. The molecule has 0 unspecified atom stereocenters. The molecule has 8 nitrogen and oxygen atoms in total. The number of non-ortho nitro benzene ring substituents is 1. The van der Waals surface area contributed by atoms with Crippen LogP contribution in [0.3, 0.4) is 0 Å². The predicted octanol–water partition coefficient (Wildman–Crippen LogP) is 3.39. The van der Waals surface area contributed by atoms with Crippen LogP contribution in [0.5, 0.6) is 0 Å². The van der Waals surface area contributed by atoms with E-state index in [2.05, 4.69) is 0 Å². The van der Waals surface area contributed by atoms with Crippen LogP contribution in [-0.4, -0.2) is 22.9 Å². The van der Waals surface area contributed by atoms with Crippen molar-refractivity contribution in [2.24, 2.45) is 0 Å². The molecular formula is C15H11F3N2O6. The van der Waals surface area contributed by atoms with Gasteiger partial charge in [0.15, 0.2) is 6.10 Å². The number of halogens is 3. The van der Waals surface area contributed by atoms with Gasteiger partial charge >= 0.3 is 12.1 Å². The molecule has 0 spiro atoms. The first-order chi connectivity index (χ1) is 12.1. The van der Waals surface area contributed by atoms with Gasteiger partial charge in [-0.2, -0.15) is 13.2 Å². The average molecular weight is 372 g/mol. The number of anilines is 1. The molecule has 0 aliphatic heterocycles. The van der Waals surface area contributed by atoms with Crippen LogP contribution < -0.4 is 5.32 Å². The Labute approximate surface area is 143 Å². The van der Waals surface area contributed by atoms with Crippen LogP contribution in [-0.2, 0) is 15.7 Å². The van der Waals surface area contributed by atoms with Gasteiger partial charge in [0, 0.05) is 12.1 Å². The highest BCUT2D eigenvalue weighted by Crippen LogP contribution is 2.37. The minimum atomic E-state index is -4.94. The predicted molar refractivity (Wildman–Crippen MR) is 80.3 cm³/mol. The van der Waals surface area contributed by atoms with E-state index in [0.29, 0.717) is 6.07 Å². The van der Waals surface area contributed by atoms with Crippen LogP contribution in [0.2, 0.25) is 0 Å². The number of benzene rings is 1. The number of hydrogen-bond donors (Lipinski definition) is 1. The number of furan rings is 1. The molecule has 1 aromatic heterocycles. The van der Waals surface area contributed by atoms with Crippen LogP contribution in [0.25, 0.3) is 0 Å². The number of amides is 1. The molecule has 0 aliphatic carbocycles. The molecule has 1 N–H and O–H groups in total. The van der Waals surface area contributed by atoms with Crippen LogP contribution in [0.15, 0.2) is 41.0 Å². The van der Waals surface area contributed by atoms with Gasteiger partial charge in [-0.1, -0.05) is 0 Å². The number of carbonyl (C=O) groups is 2. The van der Waals surface area contributed by atoms with E-state index in [9.17, 15) is 32.9 Å². The molecule has 138 valence electrons. The SMILES string of the molecule is C[C@H](OC(=O)c1ccco1)C(=O)Nc1ccc([N+](=O)[O-])cc1C(F)(F)F. The van der Waals surface area contributed by atoms with Gasteiger partial charge in [0.2, 0.25) is 5.76 Å². The van der Waals surface area contributed by atoms with E-state index >= 15 is 0 Å². The lowest BCUT2D eigenvalue weighted by atomic mass is 10.1. The third-order valence-electron chi connectivity index (χ3n) is 3.15. The number of nitro benzene ring substituents is 1. The summed E-state index contributed by atoms with van der Waals surface area (Å²) in [5, 5.41) is 12.6. The van der Waals surface area contributed by atoms with E-state index in [1.165, 1.54) is 18.4 Å². The fourth-order valence-corrected chi connectivity index (χ4v) is 1.89. The van der Waals surface area contributed by atoms with E-state index in [0.717, 1.165) is 19.1 Å². The summed E-state index contributed by atoms with van der Waals surface area (Å²) < 4.78 is 48.8. The zero-order valence-corrected chi connectivity index (χ0v) is 13.1. The zero-order chi connectivity index (χ0) is 19.5. The van der Waals surface area contributed by atoms with Gasteiger partial charge in [-0.05, 0) is 25.1 Å². The molecule has 1 atom stereocenters. The second-order valence-electron chi connectivity index (χ2n) is 5.00. The summed E-state index contributed by atoms with van der Waals surface area (Å²) in [7, 11) is 0. The Hall–Kier alpha value is -3.37. The lowest BCUT2D eigenvalue weighted by molar-refractivity contribution is -0.385. The highest BCUT2D eigenvalue weighted by Gasteiger charge is 2.36. The first kappa shape index (κ1) is 19.0. The van der Waals surface area contributed by atoms with Gasteiger partial charge in [-0.3, -0.25) is 14.9 Å². The van der Waals surface area contributed by atoms with Gasteiger partial charge in [0.05, 0.1) is 22.4 Å². The number of carbonyl (C=O) groups excluding carboxylic acids is 2. The molecule has 11 heteroatoms. The maximum atomic E-state index is 13.1. The van der Waals surface area contributed by atoms with Gasteiger partial charge in [0.25, 0.3) is 11.6 Å². The van der Waals surface area contributed by atoms with Gasteiger partial charge in [0.1, 0.15) is 0 Å². The number of nitrogens with zero attached hydrogens (tertiary/aromatic N) is 1. The van der Waals surface area contributed by atoms with Crippen molar-refractivity contribution in [2.75, 3.05) is 5.32 Å². The number of rotatable bonds is 5. The smallest absolute Gasteiger partial charge is 0.418 e. The maximum Gasteiger partial charge on any atom is 0.418 e. The van der Waals surface area contributed by atoms with E-state index < -0.39 is 46.0 Å². The van der Waals surface area contributed by atoms with E-state index in [1.807, 2.05) is 5.32 Å². The monoisotopic (exact) mass is 372 g/mol. The zero-order valence-electron chi connectivity index (χ0n) is 13.1. The first-order valence-electron chi connectivity index (χ1n) is 7.00. The van der Waals surface area contributed by atoms with Gasteiger partial charge in [-0.25, -0.2) is 4.79 Å². The number of nitro groups is 1. The van der Waals surface area contributed by atoms with E-state index in [-0.39, 0.29) is 5.76 Å². The number of hydrogen-bond acceptors (Lipinski definition) is 6. The first-order valence-corrected chi connectivity index (χ1v) is 7.00. The Kier molecular flexibility index (Phi) is 5.29. The summed E-state index contributed by atoms with van der Waals surface area (Å²) in [5.41, 5.74) is -2.88. The Morgan fingerprint density at radius 3 is 2.54 bits per heavy atom. The average Bonchev–Trinajstić information content (AvgIpc) is 3.08. The Morgan fingerprint density at radius 2 is 2.00 bits per heavy atom. The number of alkyl halides is 3. The Morgan fingerprint density at radius 1 is 1.31 bits per heavy atom. The van der Waals surface area contributed by atoms with E-state index in [4.69, 9.17) is 9.15 Å². The van der Waals surface area contributed by atoms with Crippen molar-refractivity contribution in [3.63, 3.8) is 0 Å². The second-order valence-corrected chi connectivity index (χ2v) is 5.00. The molecule has 1 amide bonds. The number of esters is 1. The minimum absolute atomic E-state index is 0.184. The molecule has 2 aromatic rings. The molecular weight excluding hydrogens is 361 g/mol.